The molecule has 0 unspecified atom stereocenters. The summed E-state index contributed by atoms with van der Waals surface area (Å²) in [6, 6.07) is 17.6. The SMILES string of the molecule is CC.CC(=O)O.O=C1c2cccc3cccc(c23)C(=O)N1c1cccc(COO)c1. The maximum atomic E-state index is 12.9. The van der Waals surface area contributed by atoms with E-state index in [1.165, 1.54) is 0 Å². The third-order valence-electron chi connectivity index (χ3n) is 4.17. The van der Waals surface area contributed by atoms with E-state index in [2.05, 4.69) is 4.89 Å². The molecule has 0 radical (unpaired) electrons. The first kappa shape index (κ1) is 22.7. The van der Waals surface area contributed by atoms with Crippen LogP contribution in [0.4, 0.5) is 5.69 Å². The van der Waals surface area contributed by atoms with Crippen molar-refractivity contribution in [1.29, 1.82) is 0 Å². The first-order valence-corrected chi connectivity index (χ1v) is 9.39. The summed E-state index contributed by atoms with van der Waals surface area (Å²) < 4.78 is 0. The molecule has 0 bridgehead atoms. The fourth-order valence-electron chi connectivity index (χ4n) is 3.12. The Morgan fingerprint density at radius 1 is 0.933 bits per heavy atom. The Morgan fingerprint density at radius 2 is 1.43 bits per heavy atom. The van der Waals surface area contributed by atoms with Gasteiger partial charge >= 0.3 is 0 Å². The number of benzene rings is 3. The summed E-state index contributed by atoms with van der Waals surface area (Å²) in [4.78, 5) is 40.1. The Kier molecular flexibility index (Phi) is 7.80. The van der Waals surface area contributed by atoms with Gasteiger partial charge < -0.3 is 5.11 Å². The zero-order valence-corrected chi connectivity index (χ0v) is 17.0. The van der Waals surface area contributed by atoms with E-state index in [-0.39, 0.29) is 18.4 Å². The van der Waals surface area contributed by atoms with Gasteiger partial charge in [0, 0.05) is 23.4 Å². The van der Waals surface area contributed by atoms with E-state index < -0.39 is 5.97 Å². The molecule has 1 aliphatic heterocycles. The molecule has 2 amide bonds. The van der Waals surface area contributed by atoms with Crippen LogP contribution >= 0.6 is 0 Å². The van der Waals surface area contributed by atoms with Crippen molar-refractivity contribution in [2.75, 3.05) is 4.90 Å². The molecule has 3 aromatic rings. The average Bonchev–Trinajstić information content (AvgIpc) is 2.74. The van der Waals surface area contributed by atoms with Crippen LogP contribution in [0.25, 0.3) is 10.8 Å². The average molecular weight is 409 g/mol. The second-order valence-electron chi connectivity index (χ2n) is 6.12. The van der Waals surface area contributed by atoms with Crippen LogP contribution < -0.4 is 4.90 Å². The molecule has 7 nitrogen and oxygen atoms in total. The van der Waals surface area contributed by atoms with Crippen LogP contribution in [0, 0.1) is 0 Å². The van der Waals surface area contributed by atoms with Gasteiger partial charge in [-0.15, -0.1) is 0 Å². The molecule has 4 rings (SSSR count). The number of amides is 2. The van der Waals surface area contributed by atoms with Gasteiger partial charge in [0.2, 0.25) is 0 Å². The lowest BCUT2D eigenvalue weighted by Gasteiger charge is -2.27. The lowest BCUT2D eigenvalue weighted by molar-refractivity contribution is -0.253. The van der Waals surface area contributed by atoms with Gasteiger partial charge in [-0.1, -0.05) is 50.2 Å². The predicted molar refractivity (Wildman–Crippen MR) is 114 cm³/mol. The van der Waals surface area contributed by atoms with Crippen LogP contribution in [-0.2, 0) is 16.3 Å². The molecule has 2 N–H and O–H groups in total. The largest absolute Gasteiger partial charge is 0.481 e. The molecule has 7 heteroatoms. The number of anilines is 1. The van der Waals surface area contributed by atoms with Gasteiger partial charge in [0.1, 0.15) is 6.61 Å². The number of nitrogens with zero attached hydrogens (tertiary/aromatic N) is 1. The van der Waals surface area contributed by atoms with Crippen LogP contribution in [0.15, 0.2) is 60.7 Å². The van der Waals surface area contributed by atoms with Gasteiger partial charge in [-0.25, -0.2) is 9.79 Å². The molecule has 30 heavy (non-hydrogen) atoms. The maximum absolute atomic E-state index is 12.9. The second kappa shape index (κ2) is 10.3. The van der Waals surface area contributed by atoms with Crippen molar-refractivity contribution in [3.05, 3.63) is 77.4 Å². The van der Waals surface area contributed by atoms with Crippen molar-refractivity contribution in [3.63, 3.8) is 0 Å². The fraction of sp³-hybridized carbons (Fsp3) is 0.174. The standard InChI is InChI=1S/C19H13NO4.C2H4O2.C2H6/c21-18-15-8-2-5-13-6-3-9-16(17(13)15)19(22)20(18)14-7-1-4-12(10-14)11-24-23;1-2(3)4;1-2/h1-10,23H,11H2;1H3,(H,3,4);1-2H3. The maximum Gasteiger partial charge on any atom is 0.300 e. The van der Waals surface area contributed by atoms with Gasteiger partial charge in [0.05, 0.1) is 5.69 Å². The number of hydrogen-bond donors (Lipinski definition) is 2. The molecule has 1 aliphatic rings. The predicted octanol–water partition coefficient (Wildman–Crippen LogP) is 4.75. The van der Waals surface area contributed by atoms with E-state index >= 15 is 0 Å². The van der Waals surface area contributed by atoms with Gasteiger partial charge in [-0.2, -0.15) is 0 Å². The first-order valence-electron chi connectivity index (χ1n) is 9.39. The summed E-state index contributed by atoms with van der Waals surface area (Å²) >= 11 is 0. The molecule has 0 saturated carbocycles. The van der Waals surface area contributed by atoms with Gasteiger partial charge in [0.25, 0.3) is 17.8 Å². The number of aliphatic carboxylic acids is 1. The lowest BCUT2D eigenvalue weighted by Crippen LogP contribution is -2.40. The van der Waals surface area contributed by atoms with Gasteiger partial charge in [-0.3, -0.25) is 19.6 Å². The minimum absolute atomic E-state index is 0.0176. The van der Waals surface area contributed by atoms with E-state index in [1.807, 2.05) is 38.1 Å². The molecule has 0 saturated heterocycles. The molecular formula is C23H23NO6. The molecular weight excluding hydrogens is 386 g/mol. The van der Waals surface area contributed by atoms with E-state index in [0.29, 0.717) is 27.8 Å². The topological polar surface area (TPSA) is 104 Å². The number of hydrogen-bond acceptors (Lipinski definition) is 5. The monoisotopic (exact) mass is 409 g/mol. The Bertz CT molecular complexity index is 1020. The molecule has 0 aromatic heterocycles. The van der Waals surface area contributed by atoms with Crippen LogP contribution in [-0.4, -0.2) is 28.1 Å². The second-order valence-corrected chi connectivity index (χ2v) is 6.12. The molecule has 0 fully saturated rings. The molecule has 156 valence electrons. The van der Waals surface area contributed by atoms with E-state index in [0.717, 1.165) is 17.2 Å². The van der Waals surface area contributed by atoms with E-state index in [9.17, 15) is 9.59 Å². The number of carboxylic acids is 1. The van der Waals surface area contributed by atoms with Crippen molar-refractivity contribution in [3.8, 4) is 0 Å². The highest BCUT2D eigenvalue weighted by Crippen LogP contribution is 2.32. The van der Waals surface area contributed by atoms with Crippen LogP contribution in [0.5, 0.6) is 0 Å². The molecule has 0 spiro atoms. The van der Waals surface area contributed by atoms with Gasteiger partial charge in [0.15, 0.2) is 0 Å². The quantitative estimate of drug-likeness (QED) is 0.368. The van der Waals surface area contributed by atoms with E-state index in [1.54, 1.807) is 36.4 Å². The molecule has 3 aromatic carbocycles. The zero-order valence-electron chi connectivity index (χ0n) is 17.0. The van der Waals surface area contributed by atoms with Crippen molar-refractivity contribution < 1.29 is 29.6 Å². The molecule has 0 aliphatic carbocycles. The van der Waals surface area contributed by atoms with Crippen LogP contribution in [0.1, 0.15) is 47.1 Å². The van der Waals surface area contributed by atoms with E-state index in [4.69, 9.17) is 15.2 Å². The summed E-state index contributed by atoms with van der Waals surface area (Å²) in [7, 11) is 0. The number of carboxylic acid groups (broad SMARTS) is 1. The minimum Gasteiger partial charge on any atom is -0.481 e. The zero-order chi connectivity index (χ0) is 22.3. The first-order chi connectivity index (χ1) is 14.4. The summed E-state index contributed by atoms with van der Waals surface area (Å²) in [5, 5.41) is 17.6. The third kappa shape index (κ3) is 4.71. The highest BCUT2D eigenvalue weighted by Gasteiger charge is 2.33. The Balaban J connectivity index is 0.000000481. The minimum atomic E-state index is -0.833. The molecule has 0 atom stereocenters. The Hall–Kier alpha value is -3.55. The van der Waals surface area contributed by atoms with Crippen molar-refractivity contribution in [2.45, 2.75) is 27.4 Å². The summed E-state index contributed by atoms with van der Waals surface area (Å²) in [6.07, 6.45) is 0. The molecule has 1 heterocycles. The van der Waals surface area contributed by atoms with Gasteiger partial charge in [-0.05, 0) is 35.2 Å². The lowest BCUT2D eigenvalue weighted by atomic mass is 9.93. The summed E-state index contributed by atoms with van der Waals surface area (Å²) in [5.41, 5.74) is 2.12. The van der Waals surface area contributed by atoms with Crippen molar-refractivity contribution >= 4 is 34.2 Å². The number of rotatable bonds is 3. The summed E-state index contributed by atoms with van der Waals surface area (Å²) in [6.45, 7) is 5.07. The number of carbonyl (C=O) groups excluding carboxylic acids is 2. The summed E-state index contributed by atoms with van der Waals surface area (Å²) in [5.74, 6) is -1.54. The number of imide groups is 1. The third-order valence-corrected chi connectivity index (χ3v) is 4.17. The number of carbonyl (C=O) groups is 3. The Labute approximate surface area is 174 Å². The highest BCUT2D eigenvalue weighted by atomic mass is 17.1. The van der Waals surface area contributed by atoms with Crippen LogP contribution in [0.3, 0.4) is 0 Å². The normalized spacial score (nSPS) is 11.9. The Morgan fingerprint density at radius 3 is 1.93 bits per heavy atom. The van der Waals surface area contributed by atoms with Crippen molar-refractivity contribution in [2.24, 2.45) is 0 Å². The fourth-order valence-corrected chi connectivity index (χ4v) is 3.12. The smallest absolute Gasteiger partial charge is 0.300 e. The highest BCUT2D eigenvalue weighted by molar-refractivity contribution is 6.35. The van der Waals surface area contributed by atoms with Crippen LogP contribution in [0.2, 0.25) is 0 Å². The van der Waals surface area contributed by atoms with Crippen molar-refractivity contribution in [1.82, 2.24) is 0 Å².